The number of nitrogens with one attached hydrogen (secondary N) is 2. The molecule has 2 N–H and O–H groups in total. The minimum atomic E-state index is -0.290. The lowest BCUT2D eigenvalue weighted by molar-refractivity contribution is 0.321. The Morgan fingerprint density at radius 3 is 2.76 bits per heavy atom. The molecule has 0 aliphatic carbocycles. The van der Waals surface area contributed by atoms with E-state index in [1.165, 1.54) is 6.07 Å². The van der Waals surface area contributed by atoms with E-state index in [2.05, 4.69) is 10.6 Å². The summed E-state index contributed by atoms with van der Waals surface area (Å²) in [5.74, 6) is 0.0350. The van der Waals surface area contributed by atoms with Gasteiger partial charge in [0.25, 0.3) is 0 Å². The van der Waals surface area contributed by atoms with Crippen molar-refractivity contribution in [1.29, 1.82) is 0 Å². The van der Waals surface area contributed by atoms with Crippen molar-refractivity contribution >= 4 is 0 Å². The van der Waals surface area contributed by atoms with Crippen LogP contribution in [0.5, 0.6) is 5.75 Å². The molecule has 4 heteroatoms. The van der Waals surface area contributed by atoms with Crippen molar-refractivity contribution in [1.82, 2.24) is 10.6 Å². The molecule has 0 amide bonds. The Labute approximate surface area is 102 Å². The first-order valence-electron chi connectivity index (χ1n) is 6.04. The molecule has 0 aliphatic rings. The maximum Gasteiger partial charge on any atom is 0.165 e. The predicted octanol–water partition coefficient (Wildman–Crippen LogP) is 1.92. The summed E-state index contributed by atoms with van der Waals surface area (Å²) in [6.07, 6.45) is 1.07. The highest BCUT2D eigenvalue weighted by molar-refractivity contribution is 5.29. The van der Waals surface area contributed by atoms with E-state index in [4.69, 9.17) is 4.74 Å². The summed E-state index contributed by atoms with van der Waals surface area (Å²) in [6, 6.07) is 5.10. The lowest BCUT2D eigenvalue weighted by Gasteiger charge is -2.08. The standard InChI is InChI=1S/C13H21FN2O/c1-3-17-13-6-5-11(9-12(13)14)10-16-8-4-7-15-2/h5-6,9,15-16H,3-4,7-8,10H2,1-2H3. The Balaban J connectivity index is 2.36. The van der Waals surface area contributed by atoms with Gasteiger partial charge in [-0.25, -0.2) is 4.39 Å². The quantitative estimate of drug-likeness (QED) is 0.681. The van der Waals surface area contributed by atoms with Crippen LogP contribution in [0, 0.1) is 5.82 Å². The van der Waals surface area contributed by atoms with E-state index in [1.807, 2.05) is 20.0 Å². The van der Waals surface area contributed by atoms with Gasteiger partial charge < -0.3 is 15.4 Å². The second-order valence-electron chi connectivity index (χ2n) is 3.83. The van der Waals surface area contributed by atoms with Crippen LogP contribution in [0.4, 0.5) is 4.39 Å². The highest BCUT2D eigenvalue weighted by Gasteiger charge is 2.03. The predicted molar refractivity (Wildman–Crippen MR) is 67.8 cm³/mol. The molecule has 0 aromatic heterocycles. The second kappa shape index (κ2) is 8.03. The normalized spacial score (nSPS) is 10.5. The largest absolute Gasteiger partial charge is 0.491 e. The molecule has 1 aromatic rings. The van der Waals surface area contributed by atoms with Crippen LogP contribution in [0.1, 0.15) is 18.9 Å². The first-order valence-corrected chi connectivity index (χ1v) is 6.04. The van der Waals surface area contributed by atoms with Crippen molar-refractivity contribution in [3.8, 4) is 5.75 Å². The Bertz CT molecular complexity index is 331. The van der Waals surface area contributed by atoms with Crippen molar-refractivity contribution in [3.63, 3.8) is 0 Å². The molecule has 0 heterocycles. The molecule has 0 fully saturated rings. The topological polar surface area (TPSA) is 33.3 Å². The van der Waals surface area contributed by atoms with E-state index in [9.17, 15) is 4.39 Å². The van der Waals surface area contributed by atoms with Gasteiger partial charge >= 0.3 is 0 Å². The highest BCUT2D eigenvalue weighted by Crippen LogP contribution is 2.18. The third-order valence-corrected chi connectivity index (χ3v) is 2.41. The number of hydrogen-bond donors (Lipinski definition) is 2. The van der Waals surface area contributed by atoms with Gasteiger partial charge in [-0.05, 0) is 51.2 Å². The van der Waals surface area contributed by atoms with Gasteiger partial charge in [-0.15, -0.1) is 0 Å². The molecule has 0 aliphatic heterocycles. The number of halogens is 1. The summed E-state index contributed by atoms with van der Waals surface area (Å²) >= 11 is 0. The van der Waals surface area contributed by atoms with Crippen molar-refractivity contribution in [2.24, 2.45) is 0 Å². The molecular weight excluding hydrogens is 219 g/mol. The molecule has 0 saturated heterocycles. The van der Waals surface area contributed by atoms with Crippen molar-refractivity contribution < 1.29 is 9.13 Å². The smallest absolute Gasteiger partial charge is 0.165 e. The van der Waals surface area contributed by atoms with Gasteiger partial charge in [0.15, 0.2) is 11.6 Å². The van der Waals surface area contributed by atoms with Crippen LogP contribution in [0.25, 0.3) is 0 Å². The fourth-order valence-corrected chi connectivity index (χ4v) is 1.55. The van der Waals surface area contributed by atoms with Crippen molar-refractivity contribution in [2.45, 2.75) is 19.9 Å². The van der Waals surface area contributed by atoms with E-state index >= 15 is 0 Å². The highest BCUT2D eigenvalue weighted by atomic mass is 19.1. The zero-order valence-corrected chi connectivity index (χ0v) is 10.6. The van der Waals surface area contributed by atoms with Gasteiger partial charge in [-0.1, -0.05) is 6.07 Å². The third-order valence-electron chi connectivity index (χ3n) is 2.41. The third kappa shape index (κ3) is 5.15. The first kappa shape index (κ1) is 13.9. The van der Waals surface area contributed by atoms with Gasteiger partial charge in [0.1, 0.15) is 0 Å². The fraction of sp³-hybridized carbons (Fsp3) is 0.538. The van der Waals surface area contributed by atoms with E-state index in [1.54, 1.807) is 6.07 Å². The lowest BCUT2D eigenvalue weighted by atomic mass is 10.2. The summed E-state index contributed by atoms with van der Waals surface area (Å²) < 4.78 is 18.6. The van der Waals surface area contributed by atoms with E-state index in [0.29, 0.717) is 18.9 Å². The minimum Gasteiger partial charge on any atom is -0.491 e. The molecule has 0 spiro atoms. The molecular formula is C13H21FN2O. The number of rotatable bonds is 8. The van der Waals surface area contributed by atoms with Crippen molar-refractivity contribution in [2.75, 3.05) is 26.7 Å². The summed E-state index contributed by atoms with van der Waals surface area (Å²) in [6.45, 7) is 4.93. The van der Waals surface area contributed by atoms with Crippen LogP contribution >= 0.6 is 0 Å². The van der Waals surface area contributed by atoms with E-state index < -0.39 is 0 Å². The second-order valence-corrected chi connectivity index (χ2v) is 3.83. The number of benzene rings is 1. The molecule has 0 unspecified atom stereocenters. The summed E-state index contributed by atoms with van der Waals surface area (Å²) in [7, 11) is 1.93. The fourth-order valence-electron chi connectivity index (χ4n) is 1.55. The maximum atomic E-state index is 13.5. The van der Waals surface area contributed by atoms with Crippen LogP contribution in [0.2, 0.25) is 0 Å². The molecule has 0 bridgehead atoms. The monoisotopic (exact) mass is 240 g/mol. The number of hydrogen-bond acceptors (Lipinski definition) is 3. The van der Waals surface area contributed by atoms with Crippen LogP contribution in [-0.4, -0.2) is 26.7 Å². The van der Waals surface area contributed by atoms with E-state index in [0.717, 1.165) is 25.1 Å². The summed E-state index contributed by atoms with van der Waals surface area (Å²) in [5.41, 5.74) is 0.940. The molecule has 1 rings (SSSR count). The first-order chi connectivity index (χ1) is 8.27. The molecule has 0 atom stereocenters. The SMILES string of the molecule is CCOc1ccc(CNCCCNC)cc1F. The Hall–Kier alpha value is -1.13. The molecule has 1 aromatic carbocycles. The van der Waals surface area contributed by atoms with Crippen LogP contribution in [0.15, 0.2) is 18.2 Å². The number of ether oxygens (including phenoxy) is 1. The van der Waals surface area contributed by atoms with E-state index in [-0.39, 0.29) is 5.82 Å². The van der Waals surface area contributed by atoms with Crippen LogP contribution in [-0.2, 0) is 6.54 Å². The summed E-state index contributed by atoms with van der Waals surface area (Å²) in [5, 5.41) is 6.35. The average Bonchev–Trinajstić information content (AvgIpc) is 2.32. The molecule has 3 nitrogen and oxygen atoms in total. The van der Waals surface area contributed by atoms with Crippen LogP contribution in [0.3, 0.4) is 0 Å². The van der Waals surface area contributed by atoms with Crippen LogP contribution < -0.4 is 15.4 Å². The van der Waals surface area contributed by atoms with Gasteiger partial charge in [0.05, 0.1) is 6.61 Å². The van der Waals surface area contributed by atoms with Gasteiger partial charge in [-0.2, -0.15) is 0 Å². The molecule has 0 saturated carbocycles. The van der Waals surface area contributed by atoms with Gasteiger partial charge in [0.2, 0.25) is 0 Å². The minimum absolute atomic E-state index is 0.290. The molecule has 17 heavy (non-hydrogen) atoms. The molecule has 96 valence electrons. The average molecular weight is 240 g/mol. The Morgan fingerprint density at radius 2 is 2.12 bits per heavy atom. The maximum absolute atomic E-state index is 13.5. The van der Waals surface area contributed by atoms with Crippen molar-refractivity contribution in [3.05, 3.63) is 29.6 Å². The summed E-state index contributed by atoms with van der Waals surface area (Å²) in [4.78, 5) is 0. The van der Waals surface area contributed by atoms with Gasteiger partial charge in [0, 0.05) is 6.54 Å². The zero-order chi connectivity index (χ0) is 12.5. The molecule has 0 radical (unpaired) electrons. The lowest BCUT2D eigenvalue weighted by Crippen LogP contribution is -2.19. The Morgan fingerprint density at radius 1 is 1.29 bits per heavy atom. The zero-order valence-electron chi connectivity index (χ0n) is 10.6. The Kier molecular flexibility index (Phi) is 6.58. The van der Waals surface area contributed by atoms with Gasteiger partial charge in [-0.3, -0.25) is 0 Å².